The van der Waals surface area contributed by atoms with E-state index in [2.05, 4.69) is 4.98 Å². The lowest BCUT2D eigenvalue weighted by molar-refractivity contribution is -0.385. The van der Waals surface area contributed by atoms with Crippen molar-refractivity contribution in [1.82, 2.24) is 4.98 Å². The number of para-hydroxylation sites is 1. The van der Waals surface area contributed by atoms with E-state index in [1.54, 1.807) is 12.1 Å². The maximum absolute atomic E-state index is 11.0. The molecule has 7 nitrogen and oxygen atoms in total. The standard InChI is InChI=1S/C13H15N3O4/c1-19-13-9(4-2-5-10(13)16(17)18)11-8-15-12(20-11)6-3-7-14/h2,4-5,8H,3,6-7,14H2,1H3. The van der Waals surface area contributed by atoms with Gasteiger partial charge in [0.2, 0.25) is 5.75 Å². The second kappa shape index (κ2) is 6.16. The molecule has 0 spiro atoms. The van der Waals surface area contributed by atoms with Gasteiger partial charge in [0.1, 0.15) is 0 Å². The third-order valence-electron chi connectivity index (χ3n) is 2.81. The summed E-state index contributed by atoms with van der Waals surface area (Å²) < 4.78 is 10.7. The van der Waals surface area contributed by atoms with Gasteiger partial charge >= 0.3 is 5.69 Å². The molecule has 20 heavy (non-hydrogen) atoms. The molecule has 2 N–H and O–H groups in total. The van der Waals surface area contributed by atoms with Crippen molar-refractivity contribution < 1.29 is 14.1 Å². The fourth-order valence-corrected chi connectivity index (χ4v) is 1.88. The molecular formula is C13H15N3O4. The van der Waals surface area contributed by atoms with Crippen molar-refractivity contribution in [3.05, 3.63) is 40.4 Å². The highest BCUT2D eigenvalue weighted by molar-refractivity contribution is 5.71. The predicted molar refractivity (Wildman–Crippen MR) is 72.5 cm³/mol. The highest BCUT2D eigenvalue weighted by atomic mass is 16.6. The van der Waals surface area contributed by atoms with Gasteiger partial charge in [0.05, 0.1) is 23.8 Å². The molecular weight excluding hydrogens is 262 g/mol. The largest absolute Gasteiger partial charge is 0.490 e. The molecule has 0 saturated heterocycles. The summed E-state index contributed by atoms with van der Waals surface area (Å²) in [4.78, 5) is 14.6. The van der Waals surface area contributed by atoms with E-state index in [1.807, 2.05) is 0 Å². The van der Waals surface area contributed by atoms with E-state index in [1.165, 1.54) is 19.4 Å². The zero-order valence-corrected chi connectivity index (χ0v) is 11.0. The zero-order chi connectivity index (χ0) is 14.5. The van der Waals surface area contributed by atoms with Crippen molar-refractivity contribution in [2.45, 2.75) is 12.8 Å². The Morgan fingerprint density at radius 1 is 1.50 bits per heavy atom. The van der Waals surface area contributed by atoms with Gasteiger partial charge in [0.15, 0.2) is 11.7 Å². The van der Waals surface area contributed by atoms with E-state index in [9.17, 15) is 10.1 Å². The average molecular weight is 277 g/mol. The summed E-state index contributed by atoms with van der Waals surface area (Å²) >= 11 is 0. The summed E-state index contributed by atoms with van der Waals surface area (Å²) in [6.07, 6.45) is 2.94. The number of nitrogens with zero attached hydrogens (tertiary/aromatic N) is 2. The number of aryl methyl sites for hydroxylation is 1. The normalized spacial score (nSPS) is 10.5. The molecule has 2 rings (SSSR count). The maximum atomic E-state index is 11.0. The van der Waals surface area contributed by atoms with Gasteiger partial charge in [-0.15, -0.1) is 0 Å². The molecule has 0 aliphatic heterocycles. The lowest BCUT2D eigenvalue weighted by Gasteiger charge is -2.05. The Hall–Kier alpha value is -2.41. The summed E-state index contributed by atoms with van der Waals surface area (Å²) in [6.45, 7) is 0.553. The van der Waals surface area contributed by atoms with Gasteiger partial charge in [-0.2, -0.15) is 0 Å². The second-order valence-corrected chi connectivity index (χ2v) is 4.13. The van der Waals surface area contributed by atoms with Crippen molar-refractivity contribution >= 4 is 5.69 Å². The number of ether oxygens (including phenoxy) is 1. The van der Waals surface area contributed by atoms with Crippen LogP contribution in [0, 0.1) is 10.1 Å². The second-order valence-electron chi connectivity index (χ2n) is 4.13. The molecule has 1 heterocycles. The van der Waals surface area contributed by atoms with Crippen LogP contribution in [0.3, 0.4) is 0 Å². The summed E-state index contributed by atoms with van der Waals surface area (Å²) in [7, 11) is 1.39. The molecule has 2 aromatic rings. The molecule has 0 aliphatic carbocycles. The van der Waals surface area contributed by atoms with Gasteiger partial charge in [-0.1, -0.05) is 6.07 Å². The lowest BCUT2D eigenvalue weighted by Crippen LogP contribution is -2.00. The van der Waals surface area contributed by atoms with Crippen LogP contribution in [0.25, 0.3) is 11.3 Å². The molecule has 0 saturated carbocycles. The Kier molecular flexibility index (Phi) is 4.31. The quantitative estimate of drug-likeness (QED) is 0.640. The minimum atomic E-state index is -0.492. The topological polar surface area (TPSA) is 104 Å². The fraction of sp³-hybridized carbons (Fsp3) is 0.308. The molecule has 0 unspecified atom stereocenters. The molecule has 0 atom stereocenters. The fourth-order valence-electron chi connectivity index (χ4n) is 1.88. The average Bonchev–Trinajstić information content (AvgIpc) is 2.92. The molecule has 0 fully saturated rings. The molecule has 7 heteroatoms. The number of methoxy groups -OCH3 is 1. The number of oxazole rings is 1. The Bertz CT molecular complexity index is 609. The van der Waals surface area contributed by atoms with Crippen LogP contribution in [0.4, 0.5) is 5.69 Å². The van der Waals surface area contributed by atoms with Gasteiger partial charge in [0.25, 0.3) is 0 Å². The smallest absolute Gasteiger partial charge is 0.311 e. The minimum Gasteiger partial charge on any atom is -0.490 e. The summed E-state index contributed by atoms with van der Waals surface area (Å²) in [5, 5.41) is 11.0. The van der Waals surface area contributed by atoms with Gasteiger partial charge in [0, 0.05) is 12.5 Å². The number of hydrogen-bond donors (Lipinski definition) is 1. The Morgan fingerprint density at radius 3 is 2.95 bits per heavy atom. The maximum Gasteiger partial charge on any atom is 0.311 e. The number of rotatable bonds is 6. The first kappa shape index (κ1) is 14.0. The Morgan fingerprint density at radius 2 is 2.30 bits per heavy atom. The first-order valence-electron chi connectivity index (χ1n) is 6.14. The number of benzene rings is 1. The van der Waals surface area contributed by atoms with Crippen LogP contribution < -0.4 is 10.5 Å². The van der Waals surface area contributed by atoms with E-state index in [4.69, 9.17) is 14.9 Å². The van der Waals surface area contributed by atoms with Gasteiger partial charge in [-0.25, -0.2) is 4.98 Å². The van der Waals surface area contributed by atoms with E-state index < -0.39 is 4.92 Å². The van der Waals surface area contributed by atoms with Crippen molar-refractivity contribution in [3.63, 3.8) is 0 Å². The summed E-state index contributed by atoms with van der Waals surface area (Å²) in [5.41, 5.74) is 5.83. The number of nitro groups is 1. The van der Waals surface area contributed by atoms with Crippen LogP contribution in [-0.2, 0) is 6.42 Å². The predicted octanol–water partition coefficient (Wildman–Crippen LogP) is 2.15. The number of nitro benzene ring substituents is 1. The number of nitrogens with two attached hydrogens (primary N) is 1. The van der Waals surface area contributed by atoms with Crippen molar-refractivity contribution in [2.24, 2.45) is 5.73 Å². The first-order chi connectivity index (χ1) is 9.67. The van der Waals surface area contributed by atoms with Crippen LogP contribution in [0.15, 0.2) is 28.8 Å². The van der Waals surface area contributed by atoms with Crippen LogP contribution in [-0.4, -0.2) is 23.6 Å². The molecule has 1 aromatic heterocycles. The third-order valence-corrected chi connectivity index (χ3v) is 2.81. The van der Waals surface area contributed by atoms with E-state index in [0.717, 1.165) is 6.42 Å². The minimum absolute atomic E-state index is 0.107. The van der Waals surface area contributed by atoms with Crippen molar-refractivity contribution in [2.75, 3.05) is 13.7 Å². The summed E-state index contributed by atoms with van der Waals surface area (Å²) in [6, 6.07) is 4.66. The molecule has 0 aliphatic rings. The number of aromatic nitrogens is 1. The van der Waals surface area contributed by atoms with Crippen LogP contribution in [0.5, 0.6) is 5.75 Å². The Labute approximate surface area is 115 Å². The monoisotopic (exact) mass is 277 g/mol. The SMILES string of the molecule is COc1c(-c2cnc(CCCN)o2)cccc1[N+](=O)[O-]. The van der Waals surface area contributed by atoms with Crippen molar-refractivity contribution in [1.29, 1.82) is 0 Å². The molecule has 106 valence electrons. The third kappa shape index (κ3) is 2.77. The highest BCUT2D eigenvalue weighted by Crippen LogP contribution is 2.37. The zero-order valence-electron chi connectivity index (χ0n) is 11.0. The first-order valence-corrected chi connectivity index (χ1v) is 6.14. The number of hydrogen-bond acceptors (Lipinski definition) is 6. The van der Waals surface area contributed by atoms with E-state index in [-0.39, 0.29) is 11.4 Å². The van der Waals surface area contributed by atoms with Crippen LogP contribution in [0.1, 0.15) is 12.3 Å². The molecule has 1 aromatic carbocycles. The molecule has 0 amide bonds. The Balaban J connectivity index is 2.39. The highest BCUT2D eigenvalue weighted by Gasteiger charge is 2.21. The lowest BCUT2D eigenvalue weighted by atomic mass is 10.1. The summed E-state index contributed by atoms with van der Waals surface area (Å²) in [5.74, 6) is 1.16. The molecule has 0 radical (unpaired) electrons. The van der Waals surface area contributed by atoms with Crippen LogP contribution in [0.2, 0.25) is 0 Å². The van der Waals surface area contributed by atoms with Gasteiger partial charge in [-0.05, 0) is 19.0 Å². The van der Waals surface area contributed by atoms with E-state index in [0.29, 0.717) is 30.2 Å². The molecule has 0 bridgehead atoms. The van der Waals surface area contributed by atoms with Gasteiger partial charge < -0.3 is 14.9 Å². The van der Waals surface area contributed by atoms with E-state index >= 15 is 0 Å². The van der Waals surface area contributed by atoms with Crippen molar-refractivity contribution in [3.8, 4) is 17.1 Å². The van der Waals surface area contributed by atoms with Crippen LogP contribution >= 0.6 is 0 Å². The van der Waals surface area contributed by atoms with Gasteiger partial charge in [-0.3, -0.25) is 10.1 Å².